The van der Waals surface area contributed by atoms with Gasteiger partial charge < -0.3 is 9.47 Å². The number of hydrogen-bond donors (Lipinski definition) is 0. The summed E-state index contributed by atoms with van der Waals surface area (Å²) in [5.41, 5.74) is 8.89. The summed E-state index contributed by atoms with van der Waals surface area (Å²) in [6.07, 6.45) is 23.9. The van der Waals surface area contributed by atoms with E-state index in [2.05, 4.69) is 59.1 Å². The molecule has 2 aliphatic rings. The Morgan fingerprint density at radius 2 is 0.750 bits per heavy atom. The molecule has 0 bridgehead atoms. The van der Waals surface area contributed by atoms with Crippen LogP contribution in [0, 0.1) is 0 Å². The number of benzene rings is 2. The lowest BCUT2D eigenvalue weighted by atomic mass is 9.97. The van der Waals surface area contributed by atoms with Crippen LogP contribution in [-0.4, -0.2) is 27.4 Å². The Bertz CT molecular complexity index is 1320. The van der Waals surface area contributed by atoms with Gasteiger partial charge >= 0.3 is 0 Å². The Morgan fingerprint density at radius 1 is 0.409 bits per heavy atom. The maximum Gasteiger partial charge on any atom is 0.0462 e. The van der Waals surface area contributed by atoms with E-state index in [-0.39, 0.29) is 0 Å². The van der Waals surface area contributed by atoms with Gasteiger partial charge in [0.05, 0.1) is 0 Å². The third kappa shape index (κ3) is 7.20. The first-order valence-corrected chi connectivity index (χ1v) is 19.3. The molecule has 236 valence electrons. The molecule has 0 radical (unpaired) electrons. The maximum atomic E-state index is 5.16. The number of hydrogen-bond acceptors (Lipinski definition) is 4. The second-order valence-electron chi connectivity index (χ2n) is 13.1. The highest BCUT2D eigenvalue weighted by atomic mass is 32.1. The molecule has 2 nitrogen and oxygen atoms in total. The summed E-state index contributed by atoms with van der Waals surface area (Å²) in [5, 5.41) is 3.04. The van der Waals surface area contributed by atoms with Gasteiger partial charge in [0, 0.05) is 69.2 Å². The van der Waals surface area contributed by atoms with E-state index >= 15 is 0 Å². The minimum Gasteiger partial charge on any atom is -0.385 e. The first-order valence-electron chi connectivity index (χ1n) is 17.6. The molecule has 0 unspecified atom stereocenters. The van der Waals surface area contributed by atoms with Crippen molar-refractivity contribution in [3.05, 3.63) is 46.2 Å². The molecule has 0 aliphatic heterocycles. The van der Waals surface area contributed by atoms with E-state index in [1.165, 1.54) is 169 Å². The minimum atomic E-state index is 0.916. The molecular formula is C40H52O2S2. The number of methoxy groups -OCH3 is 2. The van der Waals surface area contributed by atoms with Crippen LogP contribution in [0.15, 0.2) is 36.4 Å². The molecule has 0 fully saturated rings. The molecule has 2 aromatic carbocycles. The van der Waals surface area contributed by atoms with E-state index < -0.39 is 0 Å². The van der Waals surface area contributed by atoms with E-state index in [4.69, 9.17) is 9.47 Å². The van der Waals surface area contributed by atoms with Crippen molar-refractivity contribution in [1.29, 1.82) is 0 Å². The maximum absolute atomic E-state index is 5.16. The van der Waals surface area contributed by atoms with Crippen molar-refractivity contribution in [2.45, 2.75) is 116 Å². The summed E-state index contributed by atoms with van der Waals surface area (Å²) in [4.78, 5) is 6.17. The van der Waals surface area contributed by atoms with Crippen molar-refractivity contribution in [2.75, 3.05) is 27.4 Å². The first-order chi connectivity index (χ1) is 21.8. The number of unbranched alkanes of at least 4 members (excludes halogenated alkanes) is 14. The van der Waals surface area contributed by atoms with Crippen molar-refractivity contribution in [1.82, 2.24) is 0 Å². The highest BCUT2D eigenvalue weighted by Gasteiger charge is 2.31. The SMILES string of the molecule is COCCCCCCCCCCc1cc2c(s1)-c1ccc3c4c(ccc-2c14)-c1sc(CCCCCCCCCCOC)cc1-3. The van der Waals surface area contributed by atoms with E-state index in [1.54, 1.807) is 24.0 Å². The molecule has 44 heavy (non-hydrogen) atoms. The molecule has 2 heterocycles. The third-order valence-corrected chi connectivity index (χ3v) is 12.3. The zero-order chi connectivity index (χ0) is 30.1. The van der Waals surface area contributed by atoms with Gasteiger partial charge in [-0.2, -0.15) is 0 Å². The van der Waals surface area contributed by atoms with Crippen LogP contribution in [0.2, 0.25) is 0 Å². The van der Waals surface area contributed by atoms with E-state index in [0.717, 1.165) is 13.2 Å². The number of rotatable bonds is 22. The van der Waals surface area contributed by atoms with Crippen molar-refractivity contribution in [2.24, 2.45) is 0 Å². The summed E-state index contributed by atoms with van der Waals surface area (Å²) in [7, 11) is 3.61. The summed E-state index contributed by atoms with van der Waals surface area (Å²) in [5.74, 6) is 0. The smallest absolute Gasteiger partial charge is 0.0462 e. The number of aryl methyl sites for hydroxylation is 2. The van der Waals surface area contributed by atoms with Crippen LogP contribution in [0.3, 0.4) is 0 Å². The first kappa shape index (κ1) is 32.0. The van der Waals surface area contributed by atoms with Crippen LogP contribution >= 0.6 is 22.7 Å². The molecule has 4 aromatic rings. The predicted octanol–water partition coefficient (Wildman–Crippen LogP) is 12.9. The molecule has 4 heteroatoms. The van der Waals surface area contributed by atoms with Gasteiger partial charge in [0.25, 0.3) is 0 Å². The second kappa shape index (κ2) is 16.0. The highest BCUT2D eigenvalue weighted by Crippen LogP contribution is 2.59. The molecule has 0 atom stereocenters. The normalized spacial score (nSPS) is 12.5. The molecule has 0 spiro atoms. The van der Waals surface area contributed by atoms with Gasteiger partial charge in [-0.3, -0.25) is 0 Å². The fraction of sp³-hybridized carbons (Fsp3) is 0.550. The molecule has 0 N–H and O–H groups in total. The van der Waals surface area contributed by atoms with Crippen molar-refractivity contribution < 1.29 is 9.47 Å². The van der Waals surface area contributed by atoms with Crippen LogP contribution in [0.5, 0.6) is 0 Å². The zero-order valence-electron chi connectivity index (χ0n) is 27.2. The zero-order valence-corrected chi connectivity index (χ0v) is 28.9. The number of ether oxygens (including phenoxy) is 2. The highest BCUT2D eigenvalue weighted by molar-refractivity contribution is 7.17. The fourth-order valence-electron chi connectivity index (χ4n) is 7.47. The van der Waals surface area contributed by atoms with Gasteiger partial charge in [-0.25, -0.2) is 0 Å². The molecule has 2 aromatic heterocycles. The van der Waals surface area contributed by atoms with Gasteiger partial charge in [0.1, 0.15) is 0 Å². The largest absolute Gasteiger partial charge is 0.385 e. The fourth-order valence-corrected chi connectivity index (χ4v) is 9.95. The number of fused-ring (bicyclic) bond motifs is 6. The Hall–Kier alpha value is -1.98. The lowest BCUT2D eigenvalue weighted by Gasteiger charge is -2.07. The number of thiophene rings is 2. The molecule has 0 saturated heterocycles. The standard InChI is InChI=1S/C40H52O2S2/c1-41-25-17-13-9-5-3-7-11-15-19-29-27-35-31-21-24-34-38-32(22-23-33(37(31)38)39(35)43-29)36-28-30(44-40(34)36)20-16-12-8-4-6-10-14-18-26-42-2/h21-24,27-28H,3-20,25-26H2,1-2H3. The summed E-state index contributed by atoms with van der Waals surface area (Å²) in [6, 6.07) is 14.8. The second-order valence-corrected chi connectivity index (χ2v) is 15.4. The minimum absolute atomic E-state index is 0.916. The van der Waals surface area contributed by atoms with Crippen LogP contribution < -0.4 is 0 Å². The van der Waals surface area contributed by atoms with Crippen LogP contribution in [0.4, 0.5) is 0 Å². The van der Waals surface area contributed by atoms with Crippen molar-refractivity contribution in [3.63, 3.8) is 0 Å². The van der Waals surface area contributed by atoms with Gasteiger partial charge in [-0.05, 0) is 72.6 Å². The Labute approximate surface area is 274 Å². The summed E-state index contributed by atoms with van der Waals surface area (Å²) in [6.45, 7) is 1.83. The Kier molecular flexibility index (Phi) is 11.7. The van der Waals surface area contributed by atoms with Gasteiger partial charge in [0.15, 0.2) is 0 Å². The van der Waals surface area contributed by atoms with Gasteiger partial charge in [0.2, 0.25) is 0 Å². The van der Waals surface area contributed by atoms with Crippen LogP contribution in [-0.2, 0) is 22.3 Å². The monoisotopic (exact) mass is 628 g/mol. The average molecular weight is 629 g/mol. The Balaban J connectivity index is 0.999. The average Bonchev–Trinajstić information content (AvgIpc) is 3.78. The summed E-state index contributed by atoms with van der Waals surface area (Å²) >= 11 is 4.12. The quantitative estimate of drug-likeness (QED) is 0.0696. The van der Waals surface area contributed by atoms with Gasteiger partial charge in [-0.15, -0.1) is 22.7 Å². The van der Waals surface area contributed by atoms with E-state index in [1.807, 2.05) is 0 Å². The molecule has 0 saturated carbocycles. The van der Waals surface area contributed by atoms with Crippen molar-refractivity contribution >= 4 is 33.4 Å². The molecular weight excluding hydrogens is 577 g/mol. The third-order valence-electron chi connectivity index (χ3n) is 9.84. The topological polar surface area (TPSA) is 18.5 Å². The van der Waals surface area contributed by atoms with Crippen molar-refractivity contribution in [3.8, 4) is 43.1 Å². The lowest BCUT2D eigenvalue weighted by molar-refractivity contribution is 0.192. The predicted molar refractivity (Wildman–Crippen MR) is 194 cm³/mol. The van der Waals surface area contributed by atoms with Crippen LogP contribution in [0.25, 0.3) is 53.9 Å². The summed E-state index contributed by atoms with van der Waals surface area (Å²) < 4.78 is 10.3. The molecule has 2 aliphatic carbocycles. The van der Waals surface area contributed by atoms with E-state index in [9.17, 15) is 0 Å². The molecule has 6 rings (SSSR count). The van der Waals surface area contributed by atoms with E-state index in [0.29, 0.717) is 0 Å². The van der Waals surface area contributed by atoms with Crippen LogP contribution in [0.1, 0.15) is 112 Å². The Morgan fingerprint density at radius 3 is 1.14 bits per heavy atom. The molecule has 0 amide bonds. The van der Waals surface area contributed by atoms with Gasteiger partial charge in [-0.1, -0.05) is 101 Å². The lowest BCUT2D eigenvalue weighted by Crippen LogP contribution is -1.88.